The van der Waals surface area contributed by atoms with E-state index in [0.29, 0.717) is 12.4 Å². The summed E-state index contributed by atoms with van der Waals surface area (Å²) in [6.07, 6.45) is 5.31. The molecule has 0 aliphatic carbocycles. The van der Waals surface area contributed by atoms with E-state index in [4.69, 9.17) is 5.73 Å². The molecule has 3 aromatic heterocycles. The third-order valence-electron chi connectivity index (χ3n) is 3.18. The van der Waals surface area contributed by atoms with Gasteiger partial charge in [0.1, 0.15) is 0 Å². The number of fused-ring (bicyclic) bond motifs is 1. The van der Waals surface area contributed by atoms with Crippen LogP contribution in [0.2, 0.25) is 0 Å². The van der Waals surface area contributed by atoms with E-state index in [9.17, 15) is 0 Å². The molecule has 7 heteroatoms. The van der Waals surface area contributed by atoms with Gasteiger partial charge in [-0.25, -0.2) is 4.98 Å². The van der Waals surface area contributed by atoms with Crippen LogP contribution in [0.4, 0.5) is 11.8 Å². The normalized spacial score (nSPS) is 11.2. The zero-order valence-corrected chi connectivity index (χ0v) is 12.0. The second-order valence-electron chi connectivity index (χ2n) is 5.06. The summed E-state index contributed by atoms with van der Waals surface area (Å²) < 4.78 is 1.97. The van der Waals surface area contributed by atoms with Crippen molar-refractivity contribution in [1.82, 2.24) is 24.5 Å². The zero-order valence-electron chi connectivity index (χ0n) is 12.0. The average Bonchev–Trinajstić information content (AvgIpc) is 2.89. The highest BCUT2D eigenvalue weighted by Gasteiger charge is 2.13. The highest BCUT2D eigenvalue weighted by atomic mass is 15.2. The summed E-state index contributed by atoms with van der Waals surface area (Å²) in [5.41, 5.74) is 8.33. The Labute approximate surface area is 122 Å². The number of nitrogens with zero attached hydrogens (tertiary/aromatic N) is 5. The van der Waals surface area contributed by atoms with Gasteiger partial charge in [0.25, 0.3) is 0 Å². The summed E-state index contributed by atoms with van der Waals surface area (Å²) in [6.45, 7) is 4.75. The van der Waals surface area contributed by atoms with Crippen LogP contribution < -0.4 is 11.1 Å². The Morgan fingerprint density at radius 3 is 2.90 bits per heavy atom. The summed E-state index contributed by atoms with van der Waals surface area (Å²) in [7, 11) is 0. The quantitative estimate of drug-likeness (QED) is 0.760. The molecule has 0 saturated heterocycles. The van der Waals surface area contributed by atoms with E-state index in [0.717, 1.165) is 16.7 Å². The van der Waals surface area contributed by atoms with Gasteiger partial charge in [0.05, 0.1) is 6.33 Å². The topological polar surface area (TPSA) is 94.5 Å². The van der Waals surface area contributed by atoms with E-state index in [1.807, 2.05) is 22.9 Å². The van der Waals surface area contributed by atoms with E-state index in [1.165, 1.54) is 0 Å². The number of nitrogens with two attached hydrogens (primary N) is 1. The first kappa shape index (κ1) is 13.3. The van der Waals surface area contributed by atoms with Crippen molar-refractivity contribution in [3.05, 3.63) is 36.4 Å². The molecule has 0 spiro atoms. The molecule has 3 heterocycles. The Bertz CT molecular complexity index is 749. The lowest BCUT2D eigenvalue weighted by molar-refractivity contribution is 0.613. The van der Waals surface area contributed by atoms with Crippen molar-refractivity contribution in [2.75, 3.05) is 11.1 Å². The Kier molecular flexibility index (Phi) is 3.39. The first-order valence-corrected chi connectivity index (χ1v) is 6.78. The Hall–Kier alpha value is -2.70. The van der Waals surface area contributed by atoms with E-state index in [2.05, 4.69) is 39.1 Å². The molecule has 0 saturated carbocycles. The minimum absolute atomic E-state index is 0.235. The number of aromatic nitrogens is 5. The smallest absolute Gasteiger partial charge is 0.224 e. The number of hydrogen-bond donors (Lipinski definition) is 2. The SMILES string of the molecule is CC(C)n1cnc2c(NCc3cccnc3)nc(N)nc21. The van der Waals surface area contributed by atoms with Crippen LogP contribution in [-0.4, -0.2) is 24.5 Å². The van der Waals surface area contributed by atoms with Crippen LogP contribution in [0, 0.1) is 0 Å². The van der Waals surface area contributed by atoms with Crippen molar-refractivity contribution in [2.24, 2.45) is 0 Å². The molecule has 3 N–H and O–H groups in total. The average molecular weight is 283 g/mol. The van der Waals surface area contributed by atoms with Crippen LogP contribution in [-0.2, 0) is 6.54 Å². The van der Waals surface area contributed by atoms with E-state index >= 15 is 0 Å². The van der Waals surface area contributed by atoms with E-state index < -0.39 is 0 Å². The summed E-state index contributed by atoms with van der Waals surface area (Å²) in [5, 5.41) is 3.25. The van der Waals surface area contributed by atoms with Crippen molar-refractivity contribution in [2.45, 2.75) is 26.4 Å². The van der Waals surface area contributed by atoms with Crippen LogP contribution in [0.25, 0.3) is 11.2 Å². The summed E-state index contributed by atoms with van der Waals surface area (Å²) in [6, 6.07) is 4.15. The lowest BCUT2D eigenvalue weighted by atomic mass is 10.3. The van der Waals surface area contributed by atoms with Crippen molar-refractivity contribution in [3.63, 3.8) is 0 Å². The highest BCUT2D eigenvalue weighted by molar-refractivity contribution is 5.84. The van der Waals surface area contributed by atoms with Crippen LogP contribution in [0.1, 0.15) is 25.5 Å². The minimum atomic E-state index is 0.235. The molecule has 3 rings (SSSR count). The fourth-order valence-electron chi connectivity index (χ4n) is 2.12. The largest absolute Gasteiger partial charge is 0.368 e. The van der Waals surface area contributed by atoms with Gasteiger partial charge in [-0.3, -0.25) is 4.98 Å². The molecule has 0 aromatic carbocycles. The highest BCUT2D eigenvalue weighted by Crippen LogP contribution is 2.22. The first-order chi connectivity index (χ1) is 10.1. The molecule has 3 aromatic rings. The molecule has 0 bridgehead atoms. The Morgan fingerprint density at radius 1 is 1.33 bits per heavy atom. The predicted octanol–water partition coefficient (Wildman–Crippen LogP) is 2.00. The van der Waals surface area contributed by atoms with Crippen molar-refractivity contribution in [3.8, 4) is 0 Å². The standard InChI is InChI=1S/C14H17N7/c1-9(2)21-8-18-11-12(19-14(15)20-13(11)21)17-7-10-4-3-5-16-6-10/h3-6,8-9H,7H2,1-2H3,(H3,15,17,19,20). The number of hydrogen-bond acceptors (Lipinski definition) is 6. The fourth-order valence-corrected chi connectivity index (χ4v) is 2.12. The van der Waals surface area contributed by atoms with Crippen LogP contribution in [0.3, 0.4) is 0 Å². The Balaban J connectivity index is 1.95. The van der Waals surface area contributed by atoms with Gasteiger partial charge in [0, 0.05) is 25.0 Å². The number of rotatable bonds is 4. The molecule has 108 valence electrons. The summed E-state index contributed by atoms with van der Waals surface area (Å²) in [4.78, 5) is 17.0. The van der Waals surface area contributed by atoms with Crippen LogP contribution >= 0.6 is 0 Å². The van der Waals surface area contributed by atoms with Gasteiger partial charge in [0.15, 0.2) is 17.0 Å². The maximum Gasteiger partial charge on any atom is 0.224 e. The third kappa shape index (κ3) is 2.62. The molecule has 0 fully saturated rings. The number of nitrogens with one attached hydrogen (secondary N) is 1. The zero-order chi connectivity index (χ0) is 14.8. The van der Waals surface area contributed by atoms with Crippen LogP contribution in [0.5, 0.6) is 0 Å². The predicted molar refractivity (Wildman–Crippen MR) is 81.7 cm³/mol. The van der Waals surface area contributed by atoms with Gasteiger partial charge in [-0.2, -0.15) is 9.97 Å². The van der Waals surface area contributed by atoms with Gasteiger partial charge in [-0.15, -0.1) is 0 Å². The first-order valence-electron chi connectivity index (χ1n) is 6.78. The van der Waals surface area contributed by atoms with Crippen molar-refractivity contribution in [1.29, 1.82) is 0 Å². The number of imidazole rings is 1. The molecule has 0 aliphatic heterocycles. The molecule has 0 radical (unpaired) electrons. The molecule has 7 nitrogen and oxygen atoms in total. The molecular formula is C14H17N7. The van der Waals surface area contributed by atoms with Gasteiger partial charge in [0.2, 0.25) is 5.95 Å². The van der Waals surface area contributed by atoms with Crippen molar-refractivity contribution >= 4 is 22.9 Å². The molecule has 0 atom stereocenters. The number of anilines is 2. The monoisotopic (exact) mass is 283 g/mol. The number of pyridine rings is 1. The molecule has 0 aliphatic rings. The lowest BCUT2D eigenvalue weighted by Crippen LogP contribution is -2.07. The third-order valence-corrected chi connectivity index (χ3v) is 3.18. The molecule has 0 amide bonds. The van der Waals surface area contributed by atoms with Gasteiger partial charge in [-0.1, -0.05) is 6.07 Å². The minimum Gasteiger partial charge on any atom is -0.368 e. The summed E-state index contributed by atoms with van der Waals surface area (Å²) >= 11 is 0. The van der Waals surface area contributed by atoms with Gasteiger partial charge in [-0.05, 0) is 25.5 Å². The van der Waals surface area contributed by atoms with Crippen molar-refractivity contribution < 1.29 is 0 Å². The molecular weight excluding hydrogens is 266 g/mol. The second kappa shape index (κ2) is 5.35. The van der Waals surface area contributed by atoms with Gasteiger partial charge < -0.3 is 15.6 Å². The maximum absolute atomic E-state index is 5.81. The van der Waals surface area contributed by atoms with E-state index in [-0.39, 0.29) is 12.0 Å². The van der Waals surface area contributed by atoms with Crippen LogP contribution in [0.15, 0.2) is 30.9 Å². The Morgan fingerprint density at radius 2 is 2.19 bits per heavy atom. The second-order valence-corrected chi connectivity index (χ2v) is 5.06. The fraction of sp³-hybridized carbons (Fsp3) is 0.286. The lowest BCUT2D eigenvalue weighted by Gasteiger charge is -2.09. The van der Waals surface area contributed by atoms with Gasteiger partial charge >= 0.3 is 0 Å². The summed E-state index contributed by atoms with van der Waals surface area (Å²) in [5.74, 6) is 0.874. The molecule has 0 unspecified atom stereocenters. The molecule has 21 heavy (non-hydrogen) atoms. The number of nitrogen functional groups attached to an aromatic ring is 1. The van der Waals surface area contributed by atoms with E-state index in [1.54, 1.807) is 12.5 Å². The maximum atomic E-state index is 5.81.